The van der Waals surface area contributed by atoms with Crippen molar-refractivity contribution >= 4 is 5.97 Å². The first kappa shape index (κ1) is 12.4. The number of aryl methyl sites for hydroxylation is 2. The van der Waals surface area contributed by atoms with Crippen LogP contribution in [-0.2, 0) is 18.3 Å². The Morgan fingerprint density at radius 3 is 2.72 bits per heavy atom. The van der Waals surface area contributed by atoms with Gasteiger partial charge in [0.1, 0.15) is 5.82 Å². The van der Waals surface area contributed by atoms with Gasteiger partial charge in [-0.1, -0.05) is 23.8 Å². The number of benzene rings is 1. The van der Waals surface area contributed by atoms with Gasteiger partial charge in [-0.3, -0.25) is 4.79 Å². The molecule has 1 heterocycles. The summed E-state index contributed by atoms with van der Waals surface area (Å²) < 4.78 is 1.86. The van der Waals surface area contributed by atoms with Crippen LogP contribution in [0.5, 0.6) is 0 Å². The third-order valence-electron chi connectivity index (χ3n) is 3.01. The van der Waals surface area contributed by atoms with Gasteiger partial charge >= 0.3 is 5.97 Å². The molecule has 0 aliphatic carbocycles. The van der Waals surface area contributed by atoms with Crippen LogP contribution in [0, 0.1) is 13.8 Å². The van der Waals surface area contributed by atoms with E-state index in [0.717, 1.165) is 28.3 Å². The zero-order valence-electron chi connectivity index (χ0n) is 10.8. The molecule has 0 unspecified atom stereocenters. The maximum atomic E-state index is 10.8. The molecule has 0 atom stereocenters. The van der Waals surface area contributed by atoms with E-state index in [1.165, 1.54) is 0 Å². The maximum absolute atomic E-state index is 10.8. The second-order valence-electron chi connectivity index (χ2n) is 4.47. The standard InChI is InChI=1S/C14H16N2O2/c1-9-5-4-6-11(7-9)14-15-10(2)12(16(14)3)8-13(17)18/h4-7H,8H2,1-3H3,(H,17,18). The number of aromatic nitrogens is 2. The van der Waals surface area contributed by atoms with Crippen LogP contribution >= 0.6 is 0 Å². The number of carboxylic acids is 1. The largest absolute Gasteiger partial charge is 0.481 e. The predicted molar refractivity (Wildman–Crippen MR) is 69.5 cm³/mol. The summed E-state index contributed by atoms with van der Waals surface area (Å²) in [6.07, 6.45) is 0.00114. The molecular weight excluding hydrogens is 228 g/mol. The molecule has 0 aliphatic heterocycles. The number of carbonyl (C=O) groups is 1. The minimum Gasteiger partial charge on any atom is -0.481 e. The van der Waals surface area contributed by atoms with Gasteiger partial charge in [0.15, 0.2) is 0 Å². The molecule has 0 fully saturated rings. The van der Waals surface area contributed by atoms with E-state index < -0.39 is 5.97 Å². The quantitative estimate of drug-likeness (QED) is 0.901. The Morgan fingerprint density at radius 2 is 2.11 bits per heavy atom. The molecule has 0 radical (unpaired) electrons. The van der Waals surface area contributed by atoms with Gasteiger partial charge in [-0.25, -0.2) is 4.98 Å². The van der Waals surface area contributed by atoms with Crippen molar-refractivity contribution < 1.29 is 9.90 Å². The average molecular weight is 244 g/mol. The first-order valence-corrected chi connectivity index (χ1v) is 5.80. The van der Waals surface area contributed by atoms with E-state index in [1.807, 2.05) is 49.7 Å². The van der Waals surface area contributed by atoms with E-state index in [2.05, 4.69) is 4.98 Å². The van der Waals surface area contributed by atoms with Gasteiger partial charge in [-0.2, -0.15) is 0 Å². The van der Waals surface area contributed by atoms with Gasteiger partial charge in [0.2, 0.25) is 0 Å². The lowest BCUT2D eigenvalue weighted by molar-refractivity contribution is -0.136. The predicted octanol–water partition coefficient (Wildman–Crippen LogP) is 2.33. The van der Waals surface area contributed by atoms with Crippen molar-refractivity contribution in [2.45, 2.75) is 20.3 Å². The highest BCUT2D eigenvalue weighted by atomic mass is 16.4. The fourth-order valence-electron chi connectivity index (χ4n) is 2.10. The van der Waals surface area contributed by atoms with Crippen molar-refractivity contribution in [3.05, 3.63) is 41.2 Å². The summed E-state index contributed by atoms with van der Waals surface area (Å²) >= 11 is 0. The maximum Gasteiger partial charge on any atom is 0.309 e. The SMILES string of the molecule is Cc1cccc(-c2nc(C)c(CC(=O)O)n2C)c1. The monoisotopic (exact) mass is 244 g/mol. The molecule has 0 amide bonds. The fourth-order valence-corrected chi connectivity index (χ4v) is 2.10. The second-order valence-corrected chi connectivity index (χ2v) is 4.47. The van der Waals surface area contributed by atoms with Crippen LogP contribution < -0.4 is 0 Å². The number of rotatable bonds is 3. The molecule has 4 heteroatoms. The molecule has 0 aliphatic rings. The molecule has 4 nitrogen and oxygen atoms in total. The van der Waals surface area contributed by atoms with Gasteiger partial charge in [-0.15, -0.1) is 0 Å². The number of nitrogens with zero attached hydrogens (tertiary/aromatic N) is 2. The lowest BCUT2D eigenvalue weighted by Gasteiger charge is -2.05. The molecule has 94 valence electrons. The molecule has 0 spiro atoms. The lowest BCUT2D eigenvalue weighted by atomic mass is 10.1. The number of imidazole rings is 1. The van der Waals surface area contributed by atoms with Crippen LogP contribution in [0.3, 0.4) is 0 Å². The number of carboxylic acid groups (broad SMARTS) is 1. The van der Waals surface area contributed by atoms with Crippen molar-refractivity contribution in [2.24, 2.45) is 7.05 Å². The highest BCUT2D eigenvalue weighted by Gasteiger charge is 2.15. The Kier molecular flexibility index (Phi) is 3.19. The third kappa shape index (κ3) is 2.27. The third-order valence-corrected chi connectivity index (χ3v) is 3.01. The minimum absolute atomic E-state index is 0.00114. The Hall–Kier alpha value is -2.10. The van der Waals surface area contributed by atoms with Crippen LogP contribution in [0.2, 0.25) is 0 Å². The molecule has 0 saturated carbocycles. The van der Waals surface area contributed by atoms with Crippen molar-refractivity contribution in [3.8, 4) is 11.4 Å². The Morgan fingerprint density at radius 1 is 1.39 bits per heavy atom. The molecule has 2 rings (SSSR count). The zero-order valence-corrected chi connectivity index (χ0v) is 10.8. The Bertz CT molecular complexity index is 600. The summed E-state index contributed by atoms with van der Waals surface area (Å²) in [5.74, 6) is -0.0238. The van der Waals surface area contributed by atoms with Crippen molar-refractivity contribution in [1.29, 1.82) is 0 Å². The highest BCUT2D eigenvalue weighted by molar-refractivity contribution is 5.70. The molecule has 1 N–H and O–H groups in total. The van der Waals surface area contributed by atoms with Gasteiger partial charge in [0.05, 0.1) is 17.8 Å². The summed E-state index contributed by atoms with van der Waals surface area (Å²) in [7, 11) is 1.86. The summed E-state index contributed by atoms with van der Waals surface area (Å²) in [5, 5.41) is 8.90. The van der Waals surface area contributed by atoms with E-state index in [-0.39, 0.29) is 6.42 Å². The van der Waals surface area contributed by atoms with E-state index in [9.17, 15) is 4.79 Å². The first-order chi connectivity index (χ1) is 8.49. The lowest BCUT2D eigenvalue weighted by Crippen LogP contribution is -2.07. The molecule has 2 aromatic rings. The molecule has 1 aromatic carbocycles. The molecule has 0 bridgehead atoms. The number of hydrogen-bond donors (Lipinski definition) is 1. The van der Waals surface area contributed by atoms with Crippen LogP contribution in [0.4, 0.5) is 0 Å². The van der Waals surface area contributed by atoms with Crippen molar-refractivity contribution in [1.82, 2.24) is 9.55 Å². The zero-order chi connectivity index (χ0) is 13.3. The minimum atomic E-state index is -0.836. The van der Waals surface area contributed by atoms with Crippen LogP contribution in [0.1, 0.15) is 17.0 Å². The number of aliphatic carboxylic acids is 1. The van der Waals surface area contributed by atoms with Gasteiger partial charge in [0.25, 0.3) is 0 Å². The molecular formula is C14H16N2O2. The van der Waals surface area contributed by atoms with E-state index >= 15 is 0 Å². The topological polar surface area (TPSA) is 55.1 Å². The molecule has 18 heavy (non-hydrogen) atoms. The van der Waals surface area contributed by atoms with Crippen LogP contribution in [0.25, 0.3) is 11.4 Å². The Labute approximate surface area is 106 Å². The van der Waals surface area contributed by atoms with E-state index in [4.69, 9.17) is 5.11 Å². The van der Waals surface area contributed by atoms with E-state index in [0.29, 0.717) is 0 Å². The summed E-state index contributed by atoms with van der Waals surface area (Å²) in [6, 6.07) is 8.04. The van der Waals surface area contributed by atoms with Crippen molar-refractivity contribution in [2.75, 3.05) is 0 Å². The fraction of sp³-hybridized carbons (Fsp3) is 0.286. The van der Waals surface area contributed by atoms with Gasteiger partial charge in [0, 0.05) is 12.6 Å². The average Bonchev–Trinajstić information content (AvgIpc) is 2.56. The second kappa shape index (κ2) is 4.64. The highest BCUT2D eigenvalue weighted by Crippen LogP contribution is 2.22. The normalized spacial score (nSPS) is 10.6. The molecule has 1 aromatic heterocycles. The van der Waals surface area contributed by atoms with Crippen LogP contribution in [0.15, 0.2) is 24.3 Å². The van der Waals surface area contributed by atoms with Crippen molar-refractivity contribution in [3.63, 3.8) is 0 Å². The van der Waals surface area contributed by atoms with Crippen LogP contribution in [-0.4, -0.2) is 20.6 Å². The van der Waals surface area contributed by atoms with Gasteiger partial charge < -0.3 is 9.67 Å². The molecule has 0 saturated heterocycles. The summed E-state index contributed by atoms with van der Waals surface area (Å²) in [6.45, 7) is 3.87. The van der Waals surface area contributed by atoms with Gasteiger partial charge in [-0.05, 0) is 19.9 Å². The summed E-state index contributed by atoms with van der Waals surface area (Å²) in [4.78, 5) is 15.3. The smallest absolute Gasteiger partial charge is 0.309 e. The summed E-state index contributed by atoms with van der Waals surface area (Å²) in [5.41, 5.74) is 3.69. The van der Waals surface area contributed by atoms with E-state index in [1.54, 1.807) is 0 Å². The number of hydrogen-bond acceptors (Lipinski definition) is 2. The first-order valence-electron chi connectivity index (χ1n) is 5.80. The Balaban J connectivity index is 2.50.